The quantitative estimate of drug-likeness (QED) is 0.791. The van der Waals surface area contributed by atoms with E-state index in [1.54, 1.807) is 25.1 Å². The summed E-state index contributed by atoms with van der Waals surface area (Å²) in [5.74, 6) is 1.58. The van der Waals surface area contributed by atoms with Crippen LogP contribution in [0.1, 0.15) is 18.1 Å². The molecule has 2 rings (SSSR count). The van der Waals surface area contributed by atoms with Gasteiger partial charge in [-0.2, -0.15) is 0 Å². The number of benzene rings is 1. The lowest BCUT2D eigenvalue weighted by molar-refractivity contribution is 0.394. The third-order valence-corrected chi connectivity index (χ3v) is 4.00. The molecular weight excluding hydrogens is 268 g/mol. The Kier molecular flexibility index (Phi) is 5.89. The van der Waals surface area contributed by atoms with E-state index in [2.05, 4.69) is 47.6 Å². The summed E-state index contributed by atoms with van der Waals surface area (Å²) in [6, 6.07) is 12.7. The molecule has 1 aromatic heterocycles. The third kappa shape index (κ3) is 4.25. The Labute approximate surface area is 124 Å². The van der Waals surface area contributed by atoms with Gasteiger partial charge in [-0.05, 0) is 30.3 Å². The molecule has 3 nitrogen and oxygen atoms in total. The number of rotatable bonds is 7. The topological polar surface area (TPSA) is 34.2 Å². The zero-order chi connectivity index (χ0) is 14.2. The van der Waals surface area contributed by atoms with Crippen molar-refractivity contribution in [3.63, 3.8) is 0 Å². The van der Waals surface area contributed by atoms with Crippen molar-refractivity contribution in [2.24, 2.45) is 0 Å². The van der Waals surface area contributed by atoms with Gasteiger partial charge in [0.2, 0.25) is 5.88 Å². The molecule has 0 spiro atoms. The van der Waals surface area contributed by atoms with Gasteiger partial charge in [-0.15, -0.1) is 11.8 Å². The van der Waals surface area contributed by atoms with Crippen LogP contribution in [0.5, 0.6) is 5.88 Å². The molecule has 1 aromatic carbocycles. The molecule has 0 fully saturated rings. The number of pyridine rings is 1. The fourth-order valence-electron chi connectivity index (χ4n) is 1.85. The van der Waals surface area contributed by atoms with Gasteiger partial charge in [-0.3, -0.25) is 0 Å². The van der Waals surface area contributed by atoms with Crippen LogP contribution in [-0.4, -0.2) is 18.6 Å². The van der Waals surface area contributed by atoms with Crippen molar-refractivity contribution in [3.05, 3.63) is 53.7 Å². The van der Waals surface area contributed by atoms with Crippen LogP contribution in [0.15, 0.2) is 47.5 Å². The molecule has 0 amide bonds. The molecule has 20 heavy (non-hydrogen) atoms. The van der Waals surface area contributed by atoms with Crippen LogP contribution in [0.3, 0.4) is 0 Å². The summed E-state index contributed by atoms with van der Waals surface area (Å²) in [6.45, 7) is 4.04. The number of thioether (sulfide) groups is 1. The summed E-state index contributed by atoms with van der Waals surface area (Å²) < 4.78 is 5.26. The Hall–Kier alpha value is -1.52. The molecule has 1 heterocycles. The lowest BCUT2D eigenvalue weighted by Crippen LogP contribution is -2.11. The second-order valence-electron chi connectivity index (χ2n) is 4.38. The van der Waals surface area contributed by atoms with Crippen molar-refractivity contribution in [3.8, 4) is 5.88 Å². The average Bonchev–Trinajstić information content (AvgIpc) is 2.52. The van der Waals surface area contributed by atoms with E-state index in [1.807, 2.05) is 6.07 Å². The molecule has 4 heteroatoms. The average molecular weight is 288 g/mol. The van der Waals surface area contributed by atoms with Crippen LogP contribution >= 0.6 is 11.8 Å². The van der Waals surface area contributed by atoms with Crippen LogP contribution < -0.4 is 10.1 Å². The Morgan fingerprint density at radius 2 is 2.00 bits per heavy atom. The molecule has 106 valence electrons. The number of nitrogens with one attached hydrogen (secondary N) is 1. The molecule has 0 saturated carbocycles. The molecule has 0 bridgehead atoms. The maximum Gasteiger partial charge on any atom is 0.217 e. The Morgan fingerprint density at radius 1 is 1.20 bits per heavy atom. The van der Waals surface area contributed by atoms with Gasteiger partial charge in [0.15, 0.2) is 0 Å². The predicted octanol–water partition coefficient (Wildman–Crippen LogP) is 3.49. The second-order valence-corrected chi connectivity index (χ2v) is 5.43. The molecule has 0 aliphatic carbocycles. The first-order valence-electron chi connectivity index (χ1n) is 6.74. The van der Waals surface area contributed by atoms with E-state index in [0.717, 1.165) is 24.4 Å². The third-order valence-electron chi connectivity index (χ3n) is 2.94. The number of methoxy groups -OCH3 is 1. The standard InChI is InChI=1S/C16H20N2OS/c1-3-17-11-13-6-8-15(9-7-13)20-12-14-5-4-10-18-16(14)19-2/h4-10,17H,3,11-12H2,1-2H3. The molecule has 0 atom stereocenters. The normalized spacial score (nSPS) is 10.5. The highest BCUT2D eigenvalue weighted by molar-refractivity contribution is 7.98. The first kappa shape index (κ1) is 14.9. The molecule has 2 aromatic rings. The smallest absolute Gasteiger partial charge is 0.217 e. The van der Waals surface area contributed by atoms with Crippen molar-refractivity contribution in [2.45, 2.75) is 24.1 Å². The van der Waals surface area contributed by atoms with E-state index in [1.165, 1.54) is 10.5 Å². The summed E-state index contributed by atoms with van der Waals surface area (Å²) >= 11 is 1.80. The molecule has 0 aliphatic heterocycles. The minimum absolute atomic E-state index is 0.712. The van der Waals surface area contributed by atoms with Crippen LogP contribution in [0.2, 0.25) is 0 Å². The fraction of sp³-hybridized carbons (Fsp3) is 0.312. The van der Waals surface area contributed by atoms with Crippen molar-refractivity contribution in [2.75, 3.05) is 13.7 Å². The summed E-state index contributed by atoms with van der Waals surface area (Å²) in [5.41, 5.74) is 2.44. The minimum Gasteiger partial charge on any atom is -0.481 e. The summed E-state index contributed by atoms with van der Waals surface area (Å²) in [7, 11) is 1.66. The van der Waals surface area contributed by atoms with Crippen LogP contribution in [0, 0.1) is 0 Å². The van der Waals surface area contributed by atoms with E-state index in [0.29, 0.717) is 5.88 Å². The summed E-state index contributed by atoms with van der Waals surface area (Å²) in [6.07, 6.45) is 1.75. The number of hydrogen-bond acceptors (Lipinski definition) is 4. The maximum absolute atomic E-state index is 5.26. The first-order chi connectivity index (χ1) is 9.83. The lowest BCUT2D eigenvalue weighted by atomic mass is 10.2. The van der Waals surface area contributed by atoms with Gasteiger partial charge in [0.1, 0.15) is 0 Å². The Balaban J connectivity index is 1.93. The first-order valence-corrected chi connectivity index (χ1v) is 7.72. The van der Waals surface area contributed by atoms with E-state index in [-0.39, 0.29) is 0 Å². The highest BCUT2D eigenvalue weighted by Gasteiger charge is 2.04. The van der Waals surface area contributed by atoms with E-state index in [4.69, 9.17) is 4.74 Å². The van der Waals surface area contributed by atoms with Crippen molar-refractivity contribution in [1.29, 1.82) is 0 Å². The monoisotopic (exact) mass is 288 g/mol. The number of aromatic nitrogens is 1. The molecule has 0 aliphatic rings. The number of ether oxygens (including phenoxy) is 1. The highest BCUT2D eigenvalue weighted by Crippen LogP contribution is 2.26. The van der Waals surface area contributed by atoms with Gasteiger partial charge in [-0.25, -0.2) is 4.98 Å². The fourth-order valence-corrected chi connectivity index (χ4v) is 2.72. The van der Waals surface area contributed by atoms with E-state index < -0.39 is 0 Å². The van der Waals surface area contributed by atoms with Gasteiger partial charge in [0, 0.05) is 29.0 Å². The van der Waals surface area contributed by atoms with Gasteiger partial charge >= 0.3 is 0 Å². The zero-order valence-corrected chi connectivity index (χ0v) is 12.7. The summed E-state index contributed by atoms with van der Waals surface area (Å²) in [4.78, 5) is 5.47. The second kappa shape index (κ2) is 7.92. The van der Waals surface area contributed by atoms with Crippen LogP contribution in [0.4, 0.5) is 0 Å². The lowest BCUT2D eigenvalue weighted by Gasteiger charge is -2.07. The van der Waals surface area contributed by atoms with Gasteiger partial charge in [0.25, 0.3) is 0 Å². The Bertz CT molecular complexity index is 528. The van der Waals surface area contributed by atoms with Gasteiger partial charge in [0.05, 0.1) is 7.11 Å². The minimum atomic E-state index is 0.712. The molecule has 1 N–H and O–H groups in total. The van der Waals surface area contributed by atoms with Crippen LogP contribution in [0.25, 0.3) is 0 Å². The number of hydrogen-bond donors (Lipinski definition) is 1. The van der Waals surface area contributed by atoms with Crippen molar-refractivity contribution in [1.82, 2.24) is 10.3 Å². The van der Waals surface area contributed by atoms with Crippen LogP contribution in [-0.2, 0) is 12.3 Å². The van der Waals surface area contributed by atoms with E-state index >= 15 is 0 Å². The van der Waals surface area contributed by atoms with Crippen molar-refractivity contribution < 1.29 is 4.74 Å². The predicted molar refractivity (Wildman–Crippen MR) is 84.2 cm³/mol. The SMILES string of the molecule is CCNCc1ccc(SCc2cccnc2OC)cc1. The largest absolute Gasteiger partial charge is 0.481 e. The van der Waals surface area contributed by atoms with Crippen molar-refractivity contribution >= 4 is 11.8 Å². The summed E-state index contributed by atoms with van der Waals surface area (Å²) in [5, 5.41) is 3.33. The molecule has 0 saturated heterocycles. The molecule has 0 unspecified atom stereocenters. The maximum atomic E-state index is 5.26. The molecule has 0 radical (unpaired) electrons. The van der Waals surface area contributed by atoms with Gasteiger partial charge in [-0.1, -0.05) is 25.1 Å². The number of nitrogens with zero attached hydrogens (tertiary/aromatic N) is 1. The highest BCUT2D eigenvalue weighted by atomic mass is 32.2. The van der Waals surface area contributed by atoms with E-state index in [9.17, 15) is 0 Å². The Morgan fingerprint density at radius 3 is 2.70 bits per heavy atom. The van der Waals surface area contributed by atoms with Gasteiger partial charge < -0.3 is 10.1 Å². The zero-order valence-electron chi connectivity index (χ0n) is 11.9. The molecular formula is C16H20N2OS.